The minimum atomic E-state index is 0.629. The maximum absolute atomic E-state index is 5.92. The van der Waals surface area contributed by atoms with Crippen LogP contribution in [0.1, 0.15) is 24.3 Å². The molecule has 1 unspecified atom stereocenters. The van der Waals surface area contributed by atoms with Crippen LogP contribution in [0, 0.1) is 5.92 Å². The fraction of sp³-hybridized carbons (Fsp3) is 0.571. The number of halogens is 1. The number of nitrogens with one attached hydrogen (secondary N) is 1. The van der Waals surface area contributed by atoms with E-state index in [1.165, 1.54) is 18.4 Å². The van der Waals surface area contributed by atoms with Crippen molar-refractivity contribution < 1.29 is 4.74 Å². The molecule has 3 heteroatoms. The molecule has 0 spiro atoms. The molecule has 1 aliphatic carbocycles. The molecule has 2 rings (SSSR count). The van der Waals surface area contributed by atoms with Crippen LogP contribution in [-0.2, 0) is 4.74 Å². The lowest BCUT2D eigenvalue weighted by atomic mass is 9.94. The second kappa shape index (κ2) is 6.39. The van der Waals surface area contributed by atoms with Gasteiger partial charge in [-0.2, -0.15) is 0 Å². The molecule has 0 heterocycles. The average molecular weight is 254 g/mol. The Bertz CT molecular complexity index is 335. The summed E-state index contributed by atoms with van der Waals surface area (Å²) in [5, 5.41) is 4.28. The minimum absolute atomic E-state index is 0.629. The van der Waals surface area contributed by atoms with Crippen LogP contribution < -0.4 is 5.32 Å². The minimum Gasteiger partial charge on any atom is -0.383 e. The molecule has 0 aliphatic heterocycles. The molecule has 1 atom stereocenters. The molecule has 1 fully saturated rings. The van der Waals surface area contributed by atoms with Gasteiger partial charge in [-0.25, -0.2) is 0 Å². The molecule has 1 N–H and O–H groups in total. The van der Waals surface area contributed by atoms with Crippen molar-refractivity contribution >= 4 is 11.6 Å². The van der Waals surface area contributed by atoms with Crippen molar-refractivity contribution in [2.24, 2.45) is 5.92 Å². The van der Waals surface area contributed by atoms with E-state index >= 15 is 0 Å². The summed E-state index contributed by atoms with van der Waals surface area (Å²) in [7, 11) is 1.74. The van der Waals surface area contributed by atoms with Crippen molar-refractivity contribution in [1.29, 1.82) is 0 Å². The molecule has 0 bridgehead atoms. The molecule has 1 saturated carbocycles. The van der Waals surface area contributed by atoms with Crippen LogP contribution in [0.25, 0.3) is 0 Å². The Morgan fingerprint density at radius 2 is 2.06 bits per heavy atom. The van der Waals surface area contributed by atoms with Crippen molar-refractivity contribution in [2.75, 3.05) is 26.8 Å². The maximum atomic E-state index is 5.92. The standard InChI is InChI=1S/C14H20ClNO/c1-17-9-8-16-10-14(11-2-3-11)12-4-6-13(15)7-5-12/h4-7,11,14,16H,2-3,8-10H2,1H3. The first-order valence-electron chi connectivity index (χ1n) is 6.26. The van der Waals surface area contributed by atoms with E-state index in [4.69, 9.17) is 16.3 Å². The Morgan fingerprint density at radius 1 is 1.35 bits per heavy atom. The van der Waals surface area contributed by atoms with Gasteiger partial charge in [-0.15, -0.1) is 0 Å². The summed E-state index contributed by atoms with van der Waals surface area (Å²) >= 11 is 5.92. The van der Waals surface area contributed by atoms with E-state index in [2.05, 4.69) is 17.4 Å². The monoisotopic (exact) mass is 253 g/mol. The second-order valence-corrected chi connectivity index (χ2v) is 5.13. The highest BCUT2D eigenvalue weighted by Gasteiger charge is 2.31. The largest absolute Gasteiger partial charge is 0.383 e. The van der Waals surface area contributed by atoms with Gasteiger partial charge in [-0.05, 0) is 42.4 Å². The molecule has 94 valence electrons. The molecule has 0 radical (unpaired) electrons. The number of hydrogen-bond donors (Lipinski definition) is 1. The van der Waals surface area contributed by atoms with E-state index in [0.717, 1.165) is 30.6 Å². The Hall–Kier alpha value is -0.570. The van der Waals surface area contributed by atoms with Gasteiger partial charge in [-0.1, -0.05) is 23.7 Å². The van der Waals surface area contributed by atoms with Gasteiger partial charge in [0.05, 0.1) is 6.61 Å². The predicted octanol–water partition coefficient (Wildman–Crippen LogP) is 3.07. The Balaban J connectivity index is 1.90. The van der Waals surface area contributed by atoms with Crippen LogP contribution in [-0.4, -0.2) is 26.8 Å². The second-order valence-electron chi connectivity index (χ2n) is 4.69. The van der Waals surface area contributed by atoms with E-state index in [-0.39, 0.29) is 0 Å². The zero-order valence-electron chi connectivity index (χ0n) is 10.3. The summed E-state index contributed by atoms with van der Waals surface area (Å²) in [6.07, 6.45) is 2.72. The lowest BCUT2D eigenvalue weighted by Gasteiger charge is -2.17. The smallest absolute Gasteiger partial charge is 0.0587 e. The van der Waals surface area contributed by atoms with Crippen molar-refractivity contribution in [1.82, 2.24) is 5.32 Å². The summed E-state index contributed by atoms with van der Waals surface area (Å²) in [6.45, 7) is 2.74. The number of hydrogen-bond acceptors (Lipinski definition) is 2. The topological polar surface area (TPSA) is 21.3 Å². The zero-order chi connectivity index (χ0) is 12.1. The Morgan fingerprint density at radius 3 is 2.65 bits per heavy atom. The molecule has 1 aromatic carbocycles. The van der Waals surface area contributed by atoms with Crippen LogP contribution in [0.15, 0.2) is 24.3 Å². The molecule has 17 heavy (non-hydrogen) atoms. The van der Waals surface area contributed by atoms with Gasteiger partial charge in [0.2, 0.25) is 0 Å². The molecule has 0 saturated heterocycles. The highest BCUT2D eigenvalue weighted by atomic mass is 35.5. The summed E-state index contributed by atoms with van der Waals surface area (Å²) < 4.78 is 5.04. The summed E-state index contributed by atoms with van der Waals surface area (Å²) in [5.41, 5.74) is 1.40. The fourth-order valence-electron chi connectivity index (χ4n) is 2.20. The first-order chi connectivity index (χ1) is 8.31. The molecule has 1 aromatic rings. The van der Waals surface area contributed by atoms with Gasteiger partial charge in [0.25, 0.3) is 0 Å². The number of rotatable bonds is 7. The van der Waals surface area contributed by atoms with E-state index < -0.39 is 0 Å². The quantitative estimate of drug-likeness (QED) is 0.754. The fourth-order valence-corrected chi connectivity index (χ4v) is 2.32. The van der Waals surface area contributed by atoms with Crippen LogP contribution in [0.2, 0.25) is 5.02 Å². The maximum Gasteiger partial charge on any atom is 0.0587 e. The Labute approximate surface area is 108 Å². The molecule has 0 aromatic heterocycles. The van der Waals surface area contributed by atoms with E-state index in [0.29, 0.717) is 5.92 Å². The predicted molar refractivity (Wildman–Crippen MR) is 71.7 cm³/mol. The third-order valence-corrected chi connectivity index (χ3v) is 3.59. The Kier molecular flexibility index (Phi) is 4.84. The molecule has 1 aliphatic rings. The SMILES string of the molecule is COCCNCC(c1ccc(Cl)cc1)C1CC1. The van der Waals surface area contributed by atoms with E-state index in [1.54, 1.807) is 7.11 Å². The zero-order valence-corrected chi connectivity index (χ0v) is 11.0. The van der Waals surface area contributed by atoms with Gasteiger partial charge in [0, 0.05) is 25.2 Å². The third-order valence-electron chi connectivity index (χ3n) is 3.34. The summed E-state index contributed by atoms with van der Waals surface area (Å²) in [5.74, 6) is 1.48. The number of ether oxygens (including phenoxy) is 1. The normalized spacial score (nSPS) is 17.1. The van der Waals surface area contributed by atoms with Crippen molar-refractivity contribution in [3.63, 3.8) is 0 Å². The van der Waals surface area contributed by atoms with Crippen molar-refractivity contribution in [2.45, 2.75) is 18.8 Å². The van der Waals surface area contributed by atoms with Crippen LogP contribution >= 0.6 is 11.6 Å². The van der Waals surface area contributed by atoms with Gasteiger partial charge in [0.1, 0.15) is 0 Å². The molecule has 2 nitrogen and oxygen atoms in total. The lowest BCUT2D eigenvalue weighted by Crippen LogP contribution is -2.26. The van der Waals surface area contributed by atoms with Crippen LogP contribution in [0.4, 0.5) is 0 Å². The molecular weight excluding hydrogens is 234 g/mol. The molecule has 0 amide bonds. The number of benzene rings is 1. The summed E-state index contributed by atoms with van der Waals surface area (Å²) in [4.78, 5) is 0. The van der Waals surface area contributed by atoms with Crippen LogP contribution in [0.5, 0.6) is 0 Å². The first-order valence-corrected chi connectivity index (χ1v) is 6.64. The van der Waals surface area contributed by atoms with Crippen LogP contribution in [0.3, 0.4) is 0 Å². The van der Waals surface area contributed by atoms with Gasteiger partial charge >= 0.3 is 0 Å². The number of methoxy groups -OCH3 is 1. The van der Waals surface area contributed by atoms with E-state index in [9.17, 15) is 0 Å². The highest BCUT2D eigenvalue weighted by Crippen LogP contribution is 2.42. The first kappa shape index (κ1) is 12.9. The van der Waals surface area contributed by atoms with Gasteiger partial charge in [-0.3, -0.25) is 0 Å². The highest BCUT2D eigenvalue weighted by molar-refractivity contribution is 6.30. The lowest BCUT2D eigenvalue weighted by molar-refractivity contribution is 0.198. The van der Waals surface area contributed by atoms with E-state index in [1.807, 2.05) is 12.1 Å². The van der Waals surface area contributed by atoms with Gasteiger partial charge in [0.15, 0.2) is 0 Å². The van der Waals surface area contributed by atoms with Gasteiger partial charge < -0.3 is 10.1 Å². The summed E-state index contributed by atoms with van der Waals surface area (Å²) in [6, 6.07) is 8.29. The third kappa shape index (κ3) is 3.98. The van der Waals surface area contributed by atoms with Crippen molar-refractivity contribution in [3.8, 4) is 0 Å². The average Bonchev–Trinajstić information content (AvgIpc) is 3.15. The van der Waals surface area contributed by atoms with Crippen molar-refractivity contribution in [3.05, 3.63) is 34.9 Å². The molecular formula is C14H20ClNO.